The molecule has 0 aliphatic heterocycles. The standard InChI is InChI=1S/C16H31NO5/c1-5-6-9-20-11-8-17-15(18)12-22-16(19)14(4)21-10-7-13(2)3/h13-14H,5-12H2,1-4H3,(H,17,18). The molecule has 0 aromatic heterocycles. The van der Waals surface area contributed by atoms with E-state index in [0.29, 0.717) is 32.3 Å². The Morgan fingerprint density at radius 3 is 2.45 bits per heavy atom. The number of carbonyl (C=O) groups excluding carboxylic acids is 2. The van der Waals surface area contributed by atoms with Crippen LogP contribution in [0.1, 0.15) is 47.0 Å². The molecule has 0 rings (SSSR count). The van der Waals surface area contributed by atoms with Crippen LogP contribution in [0.25, 0.3) is 0 Å². The fourth-order valence-electron chi connectivity index (χ4n) is 1.46. The third-order valence-electron chi connectivity index (χ3n) is 2.95. The minimum Gasteiger partial charge on any atom is -0.454 e. The monoisotopic (exact) mass is 317 g/mol. The molecule has 0 spiro atoms. The number of unbranched alkanes of at least 4 members (excludes halogenated alkanes) is 1. The Labute approximate surface area is 133 Å². The zero-order valence-electron chi connectivity index (χ0n) is 14.4. The van der Waals surface area contributed by atoms with E-state index >= 15 is 0 Å². The average Bonchev–Trinajstić information content (AvgIpc) is 2.47. The lowest BCUT2D eigenvalue weighted by atomic mass is 10.1. The second-order valence-electron chi connectivity index (χ2n) is 5.62. The van der Waals surface area contributed by atoms with E-state index in [0.717, 1.165) is 19.3 Å². The SMILES string of the molecule is CCCCOCCNC(=O)COC(=O)C(C)OCCC(C)C. The van der Waals surface area contributed by atoms with Crippen molar-refractivity contribution in [2.24, 2.45) is 5.92 Å². The van der Waals surface area contributed by atoms with Gasteiger partial charge in [0.15, 0.2) is 12.7 Å². The third kappa shape index (κ3) is 12.6. The summed E-state index contributed by atoms with van der Waals surface area (Å²) in [6.45, 7) is 9.70. The maximum absolute atomic E-state index is 11.6. The summed E-state index contributed by atoms with van der Waals surface area (Å²) >= 11 is 0. The summed E-state index contributed by atoms with van der Waals surface area (Å²) in [5.74, 6) is -0.325. The van der Waals surface area contributed by atoms with E-state index in [1.54, 1.807) is 6.92 Å². The van der Waals surface area contributed by atoms with Gasteiger partial charge in [0.2, 0.25) is 0 Å². The molecule has 1 unspecified atom stereocenters. The molecule has 1 N–H and O–H groups in total. The molecule has 0 saturated carbocycles. The summed E-state index contributed by atoms with van der Waals surface area (Å²) in [5.41, 5.74) is 0. The number of carbonyl (C=O) groups is 2. The lowest BCUT2D eigenvalue weighted by Crippen LogP contribution is -2.33. The number of nitrogens with one attached hydrogen (secondary N) is 1. The predicted octanol–water partition coefficient (Wildman–Crippen LogP) is 1.91. The molecule has 0 radical (unpaired) electrons. The van der Waals surface area contributed by atoms with Crippen LogP contribution in [-0.4, -0.2) is 51.0 Å². The first-order chi connectivity index (χ1) is 10.5. The smallest absolute Gasteiger partial charge is 0.335 e. The van der Waals surface area contributed by atoms with Crippen molar-refractivity contribution in [3.05, 3.63) is 0 Å². The average molecular weight is 317 g/mol. The highest BCUT2D eigenvalue weighted by Crippen LogP contribution is 2.02. The van der Waals surface area contributed by atoms with Crippen LogP contribution in [0, 0.1) is 5.92 Å². The van der Waals surface area contributed by atoms with Gasteiger partial charge in [-0.15, -0.1) is 0 Å². The quantitative estimate of drug-likeness (QED) is 0.415. The van der Waals surface area contributed by atoms with Crippen LogP contribution in [0.2, 0.25) is 0 Å². The summed E-state index contributed by atoms with van der Waals surface area (Å²) in [5, 5.41) is 2.63. The molecule has 0 aromatic rings. The number of esters is 1. The molecule has 0 aromatic carbocycles. The Morgan fingerprint density at radius 2 is 1.82 bits per heavy atom. The van der Waals surface area contributed by atoms with Crippen LogP contribution in [-0.2, 0) is 23.8 Å². The molecule has 0 fully saturated rings. The normalized spacial score (nSPS) is 12.2. The highest BCUT2D eigenvalue weighted by atomic mass is 16.6. The van der Waals surface area contributed by atoms with Crippen molar-refractivity contribution in [1.82, 2.24) is 5.32 Å². The van der Waals surface area contributed by atoms with Crippen LogP contribution in [0.3, 0.4) is 0 Å². The van der Waals surface area contributed by atoms with Crippen molar-refractivity contribution in [3.8, 4) is 0 Å². The third-order valence-corrected chi connectivity index (χ3v) is 2.95. The first kappa shape index (κ1) is 20.9. The Bertz CT molecular complexity index is 307. The molecule has 1 amide bonds. The summed E-state index contributed by atoms with van der Waals surface area (Å²) in [7, 11) is 0. The first-order valence-corrected chi connectivity index (χ1v) is 8.10. The van der Waals surface area contributed by atoms with Crippen LogP contribution in [0.15, 0.2) is 0 Å². The number of ether oxygens (including phenoxy) is 3. The maximum atomic E-state index is 11.6. The fourth-order valence-corrected chi connectivity index (χ4v) is 1.46. The van der Waals surface area contributed by atoms with Crippen molar-refractivity contribution >= 4 is 11.9 Å². The number of amides is 1. The molecule has 0 aliphatic carbocycles. The van der Waals surface area contributed by atoms with Gasteiger partial charge < -0.3 is 19.5 Å². The van der Waals surface area contributed by atoms with Crippen molar-refractivity contribution in [2.75, 3.05) is 33.0 Å². The highest BCUT2D eigenvalue weighted by molar-refractivity contribution is 5.81. The van der Waals surface area contributed by atoms with Gasteiger partial charge >= 0.3 is 5.97 Å². The summed E-state index contributed by atoms with van der Waals surface area (Å²) < 4.78 is 15.6. The van der Waals surface area contributed by atoms with E-state index in [4.69, 9.17) is 14.2 Å². The van der Waals surface area contributed by atoms with E-state index in [1.807, 2.05) is 0 Å². The fraction of sp³-hybridized carbons (Fsp3) is 0.875. The molecule has 0 aliphatic rings. The van der Waals surface area contributed by atoms with E-state index in [9.17, 15) is 9.59 Å². The molecular formula is C16H31NO5. The van der Waals surface area contributed by atoms with Gasteiger partial charge in [-0.3, -0.25) is 4.79 Å². The molecule has 6 heteroatoms. The predicted molar refractivity (Wildman–Crippen MR) is 84.6 cm³/mol. The van der Waals surface area contributed by atoms with Crippen molar-refractivity contribution in [2.45, 2.75) is 53.1 Å². The molecule has 22 heavy (non-hydrogen) atoms. The van der Waals surface area contributed by atoms with Crippen molar-refractivity contribution < 1.29 is 23.8 Å². The van der Waals surface area contributed by atoms with Crippen LogP contribution in [0.5, 0.6) is 0 Å². The van der Waals surface area contributed by atoms with E-state index < -0.39 is 12.1 Å². The molecular weight excluding hydrogens is 286 g/mol. The van der Waals surface area contributed by atoms with Gasteiger partial charge in [-0.2, -0.15) is 0 Å². The Kier molecular flexibility index (Phi) is 12.8. The highest BCUT2D eigenvalue weighted by Gasteiger charge is 2.16. The minimum atomic E-state index is -0.649. The van der Waals surface area contributed by atoms with Crippen LogP contribution < -0.4 is 5.32 Å². The Hall–Kier alpha value is -1.14. The molecule has 0 heterocycles. The van der Waals surface area contributed by atoms with Crippen molar-refractivity contribution in [3.63, 3.8) is 0 Å². The largest absolute Gasteiger partial charge is 0.454 e. The molecule has 0 saturated heterocycles. The van der Waals surface area contributed by atoms with E-state index in [2.05, 4.69) is 26.1 Å². The lowest BCUT2D eigenvalue weighted by molar-refractivity contribution is -0.159. The summed E-state index contributed by atoms with van der Waals surface area (Å²) in [6, 6.07) is 0. The van der Waals surface area contributed by atoms with Crippen LogP contribution in [0.4, 0.5) is 0 Å². The second kappa shape index (κ2) is 13.5. The lowest BCUT2D eigenvalue weighted by Gasteiger charge is -2.13. The van der Waals surface area contributed by atoms with Gasteiger partial charge in [-0.1, -0.05) is 27.2 Å². The van der Waals surface area contributed by atoms with Gasteiger partial charge in [-0.25, -0.2) is 4.79 Å². The zero-order valence-corrected chi connectivity index (χ0v) is 14.4. The maximum Gasteiger partial charge on any atom is 0.335 e. The van der Waals surface area contributed by atoms with Gasteiger partial charge in [0.1, 0.15) is 0 Å². The Morgan fingerprint density at radius 1 is 1.09 bits per heavy atom. The summed E-state index contributed by atoms with van der Waals surface area (Å²) in [6.07, 6.45) is 2.33. The minimum absolute atomic E-state index is 0.286. The summed E-state index contributed by atoms with van der Waals surface area (Å²) in [4.78, 5) is 23.1. The molecule has 1 atom stereocenters. The molecule has 130 valence electrons. The Balaban J connectivity index is 3.61. The van der Waals surface area contributed by atoms with Gasteiger partial charge in [0, 0.05) is 19.8 Å². The number of hydrogen-bond acceptors (Lipinski definition) is 5. The van der Waals surface area contributed by atoms with E-state index in [1.165, 1.54) is 0 Å². The molecule has 0 bridgehead atoms. The topological polar surface area (TPSA) is 73.9 Å². The van der Waals surface area contributed by atoms with Crippen molar-refractivity contribution in [1.29, 1.82) is 0 Å². The van der Waals surface area contributed by atoms with Gasteiger partial charge in [0.05, 0.1) is 6.61 Å². The second-order valence-corrected chi connectivity index (χ2v) is 5.62. The van der Waals surface area contributed by atoms with E-state index in [-0.39, 0.29) is 12.5 Å². The zero-order chi connectivity index (χ0) is 16.8. The van der Waals surface area contributed by atoms with Gasteiger partial charge in [-0.05, 0) is 25.7 Å². The molecule has 6 nitrogen and oxygen atoms in total. The number of hydrogen-bond donors (Lipinski definition) is 1. The van der Waals surface area contributed by atoms with Crippen LogP contribution >= 0.6 is 0 Å². The first-order valence-electron chi connectivity index (χ1n) is 8.10. The van der Waals surface area contributed by atoms with Gasteiger partial charge in [0.25, 0.3) is 5.91 Å². The number of rotatable bonds is 13.